The summed E-state index contributed by atoms with van der Waals surface area (Å²) in [6.07, 6.45) is 3.28. The van der Waals surface area contributed by atoms with Crippen LogP contribution < -0.4 is 0 Å². The molecule has 0 spiro atoms. The van der Waals surface area contributed by atoms with Crippen LogP contribution in [0.5, 0.6) is 0 Å². The molecule has 3 rings (SSSR count). The molecule has 2 heterocycles. The van der Waals surface area contributed by atoms with Gasteiger partial charge in [0.15, 0.2) is 5.92 Å². The van der Waals surface area contributed by atoms with E-state index in [0.717, 1.165) is 11.3 Å². The minimum atomic E-state index is -1.19. The van der Waals surface area contributed by atoms with Crippen LogP contribution in [0.3, 0.4) is 0 Å². The Morgan fingerprint density at radius 2 is 1.77 bits per heavy atom. The molecule has 1 aliphatic heterocycles. The van der Waals surface area contributed by atoms with Crippen molar-refractivity contribution in [2.45, 2.75) is 26.1 Å². The van der Waals surface area contributed by atoms with Crippen molar-refractivity contribution < 1.29 is 19.1 Å². The second-order valence-electron chi connectivity index (χ2n) is 5.51. The summed E-state index contributed by atoms with van der Waals surface area (Å²) in [7, 11) is 0. The number of rotatable bonds is 3. The van der Waals surface area contributed by atoms with Gasteiger partial charge in [0.25, 0.3) is 5.79 Å². The fraction of sp³-hybridized carbons (Fsp3) is 0.333. The molecule has 0 bridgehead atoms. The van der Waals surface area contributed by atoms with E-state index in [4.69, 9.17) is 9.47 Å². The second kappa shape index (κ2) is 5.25. The third kappa shape index (κ3) is 2.83. The lowest BCUT2D eigenvalue weighted by molar-refractivity contribution is -0.239. The highest BCUT2D eigenvalue weighted by Gasteiger charge is 2.42. The highest BCUT2D eigenvalue weighted by Crippen LogP contribution is 2.25. The Labute approximate surface area is 126 Å². The second-order valence-corrected chi connectivity index (χ2v) is 5.51. The molecule has 114 valence electrons. The number of benzene rings is 1. The van der Waals surface area contributed by atoms with Crippen molar-refractivity contribution in [3.05, 3.63) is 42.5 Å². The van der Waals surface area contributed by atoms with Gasteiger partial charge < -0.3 is 9.47 Å². The highest BCUT2D eigenvalue weighted by molar-refractivity contribution is 5.96. The van der Waals surface area contributed by atoms with Gasteiger partial charge in [-0.05, 0) is 24.1 Å². The van der Waals surface area contributed by atoms with Crippen LogP contribution in [0.15, 0.2) is 36.9 Å². The largest absolute Gasteiger partial charge is 0.422 e. The fourth-order valence-electron chi connectivity index (χ4n) is 2.27. The van der Waals surface area contributed by atoms with Gasteiger partial charge in [-0.1, -0.05) is 12.1 Å². The molecule has 1 aromatic carbocycles. The van der Waals surface area contributed by atoms with Crippen molar-refractivity contribution in [2.24, 2.45) is 5.92 Å². The molecule has 1 aliphatic rings. The third-order valence-corrected chi connectivity index (χ3v) is 3.32. The van der Waals surface area contributed by atoms with E-state index in [2.05, 4.69) is 10.1 Å². The molecule has 7 heteroatoms. The van der Waals surface area contributed by atoms with E-state index in [-0.39, 0.29) is 6.42 Å². The normalized spacial score (nSPS) is 17.9. The van der Waals surface area contributed by atoms with Crippen molar-refractivity contribution in [1.29, 1.82) is 0 Å². The first kappa shape index (κ1) is 14.2. The van der Waals surface area contributed by atoms with E-state index in [9.17, 15) is 9.59 Å². The highest BCUT2D eigenvalue weighted by atomic mass is 16.7. The minimum absolute atomic E-state index is 0.241. The average Bonchev–Trinajstić information content (AvgIpc) is 2.97. The van der Waals surface area contributed by atoms with Crippen molar-refractivity contribution in [2.75, 3.05) is 0 Å². The van der Waals surface area contributed by atoms with Gasteiger partial charge in [0.1, 0.15) is 12.7 Å². The van der Waals surface area contributed by atoms with Gasteiger partial charge in [-0.3, -0.25) is 9.59 Å². The van der Waals surface area contributed by atoms with Gasteiger partial charge in [-0.2, -0.15) is 5.10 Å². The number of aromatic nitrogens is 3. The molecule has 0 atom stereocenters. The van der Waals surface area contributed by atoms with E-state index in [1.807, 2.05) is 24.3 Å². The monoisotopic (exact) mass is 301 g/mol. The molecule has 0 N–H and O–H groups in total. The maximum atomic E-state index is 11.9. The summed E-state index contributed by atoms with van der Waals surface area (Å²) in [5.41, 5.74) is 1.68. The minimum Gasteiger partial charge on any atom is -0.422 e. The number of carbonyl (C=O) groups is 2. The van der Waals surface area contributed by atoms with Crippen LogP contribution in [0.1, 0.15) is 19.4 Å². The summed E-state index contributed by atoms with van der Waals surface area (Å²) < 4.78 is 11.8. The summed E-state index contributed by atoms with van der Waals surface area (Å²) in [4.78, 5) is 27.7. The number of cyclic esters (lactones) is 2. The van der Waals surface area contributed by atoms with Gasteiger partial charge in [-0.25, -0.2) is 9.67 Å². The summed E-state index contributed by atoms with van der Waals surface area (Å²) in [5, 5.41) is 4.03. The Morgan fingerprint density at radius 3 is 2.32 bits per heavy atom. The predicted octanol–water partition coefficient (Wildman–Crippen LogP) is 1.26. The zero-order chi connectivity index (χ0) is 15.7. The molecule has 0 amide bonds. The standard InChI is InChI=1S/C15H15N3O4/c1-15(2)21-13(19)12(14(20)22-15)7-10-3-5-11(6-4-10)18-9-16-8-17-18/h3-6,8-9,12H,7H2,1-2H3. The first-order valence-electron chi connectivity index (χ1n) is 6.84. The topological polar surface area (TPSA) is 83.3 Å². The van der Waals surface area contributed by atoms with Crippen LogP contribution in [-0.4, -0.2) is 32.5 Å². The SMILES string of the molecule is CC1(C)OC(=O)C(Cc2ccc(-n3cncn3)cc2)C(=O)O1. The maximum absolute atomic E-state index is 11.9. The lowest BCUT2D eigenvalue weighted by atomic mass is 9.98. The van der Waals surface area contributed by atoms with Crippen LogP contribution in [0, 0.1) is 5.92 Å². The zero-order valence-electron chi connectivity index (χ0n) is 12.2. The van der Waals surface area contributed by atoms with Gasteiger partial charge in [0.2, 0.25) is 0 Å². The number of hydrogen-bond acceptors (Lipinski definition) is 6. The lowest BCUT2D eigenvalue weighted by Crippen LogP contribution is -2.46. The Bertz CT molecular complexity index is 672. The molecule has 1 aromatic heterocycles. The summed E-state index contributed by atoms with van der Waals surface area (Å²) >= 11 is 0. The van der Waals surface area contributed by atoms with E-state index in [1.54, 1.807) is 11.0 Å². The Morgan fingerprint density at radius 1 is 1.14 bits per heavy atom. The van der Waals surface area contributed by atoms with Gasteiger partial charge >= 0.3 is 11.9 Å². The zero-order valence-corrected chi connectivity index (χ0v) is 12.2. The van der Waals surface area contributed by atoms with E-state index >= 15 is 0 Å². The van der Waals surface area contributed by atoms with Crippen LogP contribution >= 0.6 is 0 Å². The third-order valence-electron chi connectivity index (χ3n) is 3.32. The molecule has 0 saturated carbocycles. The Balaban J connectivity index is 1.73. The van der Waals surface area contributed by atoms with E-state index in [1.165, 1.54) is 20.2 Å². The molecule has 7 nitrogen and oxygen atoms in total. The molecular weight excluding hydrogens is 286 g/mol. The molecule has 0 unspecified atom stereocenters. The molecule has 0 radical (unpaired) electrons. The predicted molar refractivity (Wildman–Crippen MR) is 74.8 cm³/mol. The van der Waals surface area contributed by atoms with Crippen LogP contribution in [0.4, 0.5) is 0 Å². The number of esters is 2. The van der Waals surface area contributed by atoms with Gasteiger partial charge in [0.05, 0.1) is 5.69 Å². The fourth-order valence-corrected chi connectivity index (χ4v) is 2.27. The van der Waals surface area contributed by atoms with Crippen molar-refractivity contribution in [3.63, 3.8) is 0 Å². The van der Waals surface area contributed by atoms with E-state index < -0.39 is 23.6 Å². The molecule has 22 heavy (non-hydrogen) atoms. The summed E-state index contributed by atoms with van der Waals surface area (Å²) in [6.45, 7) is 3.07. The van der Waals surface area contributed by atoms with Crippen molar-refractivity contribution >= 4 is 11.9 Å². The van der Waals surface area contributed by atoms with Crippen molar-refractivity contribution in [3.8, 4) is 5.69 Å². The van der Waals surface area contributed by atoms with Crippen molar-refractivity contribution in [1.82, 2.24) is 14.8 Å². The van der Waals surface area contributed by atoms with E-state index in [0.29, 0.717) is 0 Å². The molecule has 0 aliphatic carbocycles. The molecule has 1 fully saturated rings. The maximum Gasteiger partial charge on any atom is 0.323 e. The smallest absolute Gasteiger partial charge is 0.323 e. The summed E-state index contributed by atoms with van der Waals surface area (Å²) in [6, 6.07) is 7.34. The average molecular weight is 301 g/mol. The number of hydrogen-bond donors (Lipinski definition) is 0. The lowest BCUT2D eigenvalue weighted by Gasteiger charge is -2.32. The first-order chi connectivity index (χ1) is 10.4. The van der Waals surface area contributed by atoms with Gasteiger partial charge in [0, 0.05) is 13.8 Å². The van der Waals surface area contributed by atoms with Crippen LogP contribution in [-0.2, 0) is 25.5 Å². The Hall–Kier alpha value is -2.70. The molecule has 2 aromatic rings. The number of carbonyl (C=O) groups excluding carboxylic acids is 2. The molecule has 1 saturated heterocycles. The number of ether oxygens (including phenoxy) is 2. The number of nitrogens with zero attached hydrogens (tertiary/aromatic N) is 3. The van der Waals surface area contributed by atoms with Crippen LogP contribution in [0.25, 0.3) is 5.69 Å². The molecular formula is C15H15N3O4. The van der Waals surface area contributed by atoms with Crippen LogP contribution in [0.2, 0.25) is 0 Å². The first-order valence-corrected chi connectivity index (χ1v) is 6.84. The Kier molecular flexibility index (Phi) is 3.40. The quantitative estimate of drug-likeness (QED) is 0.627. The van der Waals surface area contributed by atoms with Gasteiger partial charge in [-0.15, -0.1) is 0 Å². The summed E-state index contributed by atoms with van der Waals surface area (Å²) in [5.74, 6) is -3.23.